The molecular formula is C25H27N3O5. The molecule has 1 aromatic heterocycles. The Bertz CT molecular complexity index is 1130. The van der Waals surface area contributed by atoms with E-state index in [1.165, 1.54) is 4.57 Å². The molecule has 1 N–H and O–H groups in total. The van der Waals surface area contributed by atoms with Crippen LogP contribution in [-0.2, 0) is 16.5 Å². The number of rotatable bonds is 11. The summed E-state index contributed by atoms with van der Waals surface area (Å²) in [4.78, 5) is 23.2. The molecule has 1 amide bonds. The molecule has 0 aliphatic heterocycles. The van der Waals surface area contributed by atoms with Gasteiger partial charge < -0.3 is 9.47 Å². The number of ether oxygens (including phenoxy) is 2. The normalized spacial score (nSPS) is 11.9. The van der Waals surface area contributed by atoms with Gasteiger partial charge in [0.05, 0.1) is 13.2 Å². The van der Waals surface area contributed by atoms with Crippen molar-refractivity contribution < 1.29 is 18.8 Å². The van der Waals surface area contributed by atoms with E-state index in [0.717, 1.165) is 16.7 Å². The summed E-state index contributed by atoms with van der Waals surface area (Å²) in [7, 11) is 1.60. The van der Waals surface area contributed by atoms with E-state index < -0.39 is 11.8 Å². The van der Waals surface area contributed by atoms with Crippen molar-refractivity contribution >= 4 is 11.7 Å². The Morgan fingerprint density at radius 1 is 1.36 bits per heavy atom. The second-order valence-corrected chi connectivity index (χ2v) is 6.91. The van der Waals surface area contributed by atoms with Crippen LogP contribution in [0.1, 0.15) is 24.7 Å². The molecular weight excluding hydrogens is 422 g/mol. The van der Waals surface area contributed by atoms with E-state index >= 15 is 0 Å². The zero-order chi connectivity index (χ0) is 24.1. The fourth-order valence-corrected chi connectivity index (χ4v) is 2.63. The first-order valence-corrected chi connectivity index (χ1v) is 10.2. The summed E-state index contributed by atoms with van der Waals surface area (Å²) in [6.45, 7) is 6.43. The fraction of sp³-hybridized carbons (Fsp3) is 0.240. The van der Waals surface area contributed by atoms with Gasteiger partial charge in [-0.05, 0) is 30.2 Å². The van der Waals surface area contributed by atoms with E-state index in [4.69, 9.17) is 20.4 Å². The zero-order valence-corrected chi connectivity index (χ0v) is 18.7. The van der Waals surface area contributed by atoms with E-state index in [9.17, 15) is 9.59 Å². The summed E-state index contributed by atoms with van der Waals surface area (Å²) in [5.74, 6) is 2.27. The number of nitrogens with zero attached hydrogens (tertiary/aromatic N) is 2. The van der Waals surface area contributed by atoms with Gasteiger partial charge in [-0.25, -0.2) is 9.59 Å². The molecule has 8 nitrogen and oxygen atoms in total. The minimum atomic E-state index is -0.555. The Hall–Kier alpha value is -4.09. The molecule has 0 fully saturated rings. The first kappa shape index (κ1) is 25.2. The van der Waals surface area contributed by atoms with Crippen LogP contribution in [0.2, 0.25) is 0 Å². The summed E-state index contributed by atoms with van der Waals surface area (Å²) in [6, 6.07) is 9.54. The summed E-state index contributed by atoms with van der Waals surface area (Å²) < 4.78 is 16.7. The van der Waals surface area contributed by atoms with Gasteiger partial charge >= 0.3 is 11.8 Å². The van der Waals surface area contributed by atoms with Gasteiger partial charge in [0.15, 0.2) is 5.82 Å². The molecule has 172 valence electrons. The van der Waals surface area contributed by atoms with Crippen molar-refractivity contribution in [2.75, 3.05) is 19.8 Å². The lowest BCUT2D eigenvalue weighted by molar-refractivity contribution is 0.151. The van der Waals surface area contributed by atoms with Crippen LogP contribution in [0.4, 0.5) is 4.79 Å². The van der Waals surface area contributed by atoms with Gasteiger partial charge in [0.25, 0.3) is 0 Å². The third-order valence-corrected chi connectivity index (χ3v) is 4.28. The molecule has 2 aromatic rings. The van der Waals surface area contributed by atoms with Gasteiger partial charge in [-0.2, -0.15) is 0 Å². The molecule has 0 aliphatic rings. The van der Waals surface area contributed by atoms with Crippen molar-refractivity contribution in [3.8, 4) is 12.3 Å². The van der Waals surface area contributed by atoms with Gasteiger partial charge in [-0.15, -0.1) is 12.3 Å². The summed E-state index contributed by atoms with van der Waals surface area (Å²) in [6.07, 6.45) is 12.0. The lowest BCUT2D eigenvalue weighted by Gasteiger charge is -2.07. The second kappa shape index (κ2) is 13.3. The Morgan fingerprint density at radius 3 is 2.79 bits per heavy atom. The standard InChI is InChI=1S/C25H27N3O5/c1-5-6-16-32-24(29)26-20(3)12-10-11-19(2)18-31-17-15-22(21-13-8-7-9-14-21)23-27-33-25(30)28(23)4/h1,7-15H,2,6,16-18H2,3-4H3,(H,26,29)/b11-10-,20-12+,22-15+. The summed E-state index contributed by atoms with van der Waals surface area (Å²) >= 11 is 0. The van der Waals surface area contributed by atoms with Crippen molar-refractivity contribution in [2.24, 2.45) is 7.05 Å². The topological polar surface area (TPSA) is 95.6 Å². The van der Waals surface area contributed by atoms with Gasteiger partial charge in [0, 0.05) is 24.7 Å². The molecule has 0 radical (unpaired) electrons. The van der Waals surface area contributed by atoms with Crippen LogP contribution in [0, 0.1) is 12.3 Å². The van der Waals surface area contributed by atoms with E-state index in [-0.39, 0.29) is 13.2 Å². The van der Waals surface area contributed by atoms with Crippen molar-refractivity contribution in [3.05, 3.63) is 94.4 Å². The highest BCUT2D eigenvalue weighted by molar-refractivity contribution is 5.76. The molecule has 0 bridgehead atoms. The number of amides is 1. The number of nitrogens with one attached hydrogen (secondary N) is 1. The Kier molecular flexibility index (Phi) is 10.2. The average molecular weight is 450 g/mol. The van der Waals surface area contributed by atoms with Gasteiger partial charge in [0.1, 0.15) is 6.61 Å². The first-order valence-electron chi connectivity index (χ1n) is 10.2. The quantitative estimate of drug-likeness (QED) is 0.320. The number of alkyl carbamates (subject to hydrolysis) is 1. The molecule has 1 aromatic carbocycles. The Morgan fingerprint density at radius 2 is 2.12 bits per heavy atom. The molecule has 0 unspecified atom stereocenters. The molecule has 0 aliphatic carbocycles. The van der Waals surface area contributed by atoms with Crippen LogP contribution in [0.25, 0.3) is 5.57 Å². The van der Waals surface area contributed by atoms with Crippen LogP contribution < -0.4 is 11.1 Å². The first-order chi connectivity index (χ1) is 15.9. The summed E-state index contributed by atoms with van der Waals surface area (Å²) in [5.41, 5.74) is 2.96. The third-order valence-electron chi connectivity index (χ3n) is 4.28. The second-order valence-electron chi connectivity index (χ2n) is 6.91. The Balaban J connectivity index is 1.89. The predicted octanol–water partition coefficient (Wildman–Crippen LogP) is 3.59. The van der Waals surface area contributed by atoms with E-state index in [2.05, 4.69) is 23.0 Å². The minimum absolute atomic E-state index is 0.174. The van der Waals surface area contributed by atoms with E-state index in [1.807, 2.05) is 36.4 Å². The third kappa shape index (κ3) is 8.51. The number of carbonyl (C=O) groups excluding carboxylic acids is 1. The fourth-order valence-electron chi connectivity index (χ4n) is 2.63. The number of hydrogen-bond donors (Lipinski definition) is 1. The van der Waals surface area contributed by atoms with Crippen molar-refractivity contribution in [1.29, 1.82) is 0 Å². The predicted molar refractivity (Wildman–Crippen MR) is 126 cm³/mol. The SMILES string of the molecule is C#CCCOC(=O)N/C(C)=C/C=C\C(=C)COC/C=C(\c1ccccc1)c1noc(=O)n1C. The molecule has 8 heteroatoms. The lowest BCUT2D eigenvalue weighted by atomic mass is 10.1. The average Bonchev–Trinajstić information content (AvgIpc) is 3.12. The van der Waals surface area contributed by atoms with Crippen LogP contribution in [0.5, 0.6) is 0 Å². The number of terminal acetylenes is 1. The van der Waals surface area contributed by atoms with E-state index in [0.29, 0.717) is 24.5 Å². The highest BCUT2D eigenvalue weighted by Gasteiger charge is 2.13. The molecule has 0 saturated carbocycles. The lowest BCUT2D eigenvalue weighted by Crippen LogP contribution is -2.22. The summed E-state index contributed by atoms with van der Waals surface area (Å²) in [5, 5.41) is 6.46. The van der Waals surface area contributed by atoms with Crippen molar-refractivity contribution in [1.82, 2.24) is 15.0 Å². The number of aromatic nitrogens is 2. The number of allylic oxidation sites excluding steroid dienone is 3. The number of carbonyl (C=O) groups is 1. The maximum Gasteiger partial charge on any atom is 0.441 e. The van der Waals surface area contributed by atoms with Crippen molar-refractivity contribution in [2.45, 2.75) is 13.3 Å². The molecule has 1 heterocycles. The minimum Gasteiger partial charge on any atom is -0.448 e. The zero-order valence-electron chi connectivity index (χ0n) is 18.7. The van der Waals surface area contributed by atoms with Crippen LogP contribution in [0.3, 0.4) is 0 Å². The van der Waals surface area contributed by atoms with E-state index in [1.54, 1.807) is 32.2 Å². The maximum absolute atomic E-state index is 11.7. The monoisotopic (exact) mass is 449 g/mol. The van der Waals surface area contributed by atoms with Gasteiger partial charge in [-0.1, -0.05) is 54.2 Å². The molecule has 2 rings (SSSR count). The highest BCUT2D eigenvalue weighted by atomic mass is 16.5. The Labute approximate surface area is 192 Å². The van der Waals surface area contributed by atoms with Crippen LogP contribution in [0.15, 0.2) is 81.8 Å². The van der Waals surface area contributed by atoms with Crippen molar-refractivity contribution in [3.63, 3.8) is 0 Å². The number of benzene rings is 1. The molecule has 33 heavy (non-hydrogen) atoms. The molecule has 0 saturated heterocycles. The van der Waals surface area contributed by atoms with Crippen LogP contribution in [-0.4, -0.2) is 35.6 Å². The molecule has 0 atom stereocenters. The van der Waals surface area contributed by atoms with Gasteiger partial charge in [-0.3, -0.25) is 14.4 Å². The smallest absolute Gasteiger partial charge is 0.441 e. The highest BCUT2D eigenvalue weighted by Crippen LogP contribution is 2.20. The maximum atomic E-state index is 11.7. The number of hydrogen-bond acceptors (Lipinski definition) is 6. The largest absolute Gasteiger partial charge is 0.448 e. The van der Waals surface area contributed by atoms with Gasteiger partial charge in [0.2, 0.25) is 0 Å². The molecule has 0 spiro atoms. The van der Waals surface area contributed by atoms with Crippen LogP contribution >= 0.6 is 0 Å².